The highest BCUT2D eigenvalue weighted by atomic mass is 35.5. The van der Waals surface area contributed by atoms with Gasteiger partial charge in [-0.2, -0.15) is 8.42 Å². The Morgan fingerprint density at radius 3 is 2.42 bits per heavy atom. The summed E-state index contributed by atoms with van der Waals surface area (Å²) in [6, 6.07) is 5.91. The molecule has 1 saturated heterocycles. The van der Waals surface area contributed by atoms with Gasteiger partial charge in [0.25, 0.3) is 0 Å². The zero-order valence-electron chi connectivity index (χ0n) is 32.9. The maximum atomic E-state index is 14.6. The molecule has 3 fully saturated rings. The van der Waals surface area contributed by atoms with Gasteiger partial charge in [-0.3, -0.25) is 19.2 Å². The lowest BCUT2D eigenvalue weighted by molar-refractivity contribution is -0.159. The predicted molar refractivity (Wildman–Crippen MR) is 207 cm³/mol. The molecule has 1 aromatic heterocycles. The number of hydrogen-bond acceptors (Lipinski definition) is 11. The highest BCUT2D eigenvalue weighted by Crippen LogP contribution is 2.58. The van der Waals surface area contributed by atoms with Crippen molar-refractivity contribution in [1.82, 2.24) is 14.6 Å². The van der Waals surface area contributed by atoms with Gasteiger partial charge in [-0.25, -0.2) is 13.9 Å². The summed E-state index contributed by atoms with van der Waals surface area (Å²) >= 11 is 6.47. The molecule has 0 unspecified atom stereocenters. The molecule has 2 aromatic rings. The van der Waals surface area contributed by atoms with E-state index >= 15 is 0 Å². The van der Waals surface area contributed by atoms with Crippen molar-refractivity contribution >= 4 is 56.4 Å². The molecule has 2 saturated carbocycles. The number of ketones is 1. The van der Waals surface area contributed by atoms with Gasteiger partial charge in [-0.1, -0.05) is 49.8 Å². The Bertz CT molecular complexity index is 1860. The fourth-order valence-electron chi connectivity index (χ4n) is 7.42. The minimum Gasteiger partial charge on any atom is -0.491 e. The van der Waals surface area contributed by atoms with Crippen LogP contribution in [0, 0.1) is 17.3 Å². The van der Waals surface area contributed by atoms with E-state index in [0.29, 0.717) is 72.7 Å². The molecule has 1 N–H and O–H groups in total. The maximum absolute atomic E-state index is 14.6. The number of carbonyl (C=O) groups is 4. The van der Waals surface area contributed by atoms with E-state index in [1.807, 2.05) is 13.0 Å². The van der Waals surface area contributed by atoms with E-state index in [1.54, 1.807) is 52.8 Å². The standard InChI is InChI=1S/C40H56ClN3O10S/c1-7-51-33-23-32(29-16-13-17-30(41)35(29)42-33)52-21-20-44-26(2)31(45)25-40(37(48)43-55(49,50)54-39(6)18-19-39)24-28(40)15-12-10-8-9-11-14-27(36(44)47)22-34(46)53-38(3,4)5/h13,16-17,23,26-28H,7-12,14-15,18-22,24-25H2,1-6H3,(H,43,48)/t26-,27+,28+,40+/m0/s1. The highest BCUT2D eigenvalue weighted by Gasteiger charge is 2.61. The Kier molecular flexibility index (Phi) is 13.4. The first-order valence-electron chi connectivity index (χ1n) is 19.5. The van der Waals surface area contributed by atoms with Crippen LogP contribution >= 0.6 is 11.6 Å². The van der Waals surface area contributed by atoms with Crippen LogP contribution in [0.15, 0.2) is 24.3 Å². The largest absolute Gasteiger partial charge is 0.491 e. The SMILES string of the molecule is CCOc1cc(OCCN2C(=O)[C@@H](CC(=O)OC(C)(C)C)CCCCCCC[C@@H]3C[C@@]3(C(=O)NS(=O)(=O)OC3(C)CC3)CC(=O)[C@@H]2C)c2cccc(Cl)c2n1. The van der Waals surface area contributed by atoms with Crippen molar-refractivity contribution in [3.8, 4) is 11.6 Å². The molecule has 1 aromatic carbocycles. The number of para-hydroxylation sites is 1. The van der Waals surface area contributed by atoms with Crippen molar-refractivity contribution in [3.05, 3.63) is 29.3 Å². The second kappa shape index (κ2) is 17.3. The summed E-state index contributed by atoms with van der Waals surface area (Å²) in [5, 5.41) is 1.04. The van der Waals surface area contributed by atoms with Gasteiger partial charge >= 0.3 is 16.3 Å². The number of halogens is 1. The molecule has 2 heterocycles. The van der Waals surface area contributed by atoms with Crippen LogP contribution in [0.4, 0.5) is 0 Å². The maximum Gasteiger partial charge on any atom is 0.362 e. The van der Waals surface area contributed by atoms with Crippen molar-refractivity contribution in [3.63, 3.8) is 0 Å². The van der Waals surface area contributed by atoms with Gasteiger partial charge in [-0.05, 0) is 91.7 Å². The van der Waals surface area contributed by atoms with Crippen LogP contribution in [-0.4, -0.2) is 78.9 Å². The number of Topliss-reactive ketones (excluding diaryl/α,β-unsaturated/α-hetero) is 1. The van der Waals surface area contributed by atoms with Gasteiger partial charge in [0.2, 0.25) is 17.7 Å². The average Bonchev–Trinajstić information content (AvgIpc) is 4.00. The van der Waals surface area contributed by atoms with E-state index in [4.69, 9.17) is 30.0 Å². The van der Waals surface area contributed by atoms with Gasteiger partial charge in [0, 0.05) is 23.8 Å². The third kappa shape index (κ3) is 11.3. The lowest BCUT2D eigenvalue weighted by Crippen LogP contribution is -2.49. The number of hydrogen-bond donors (Lipinski definition) is 1. The minimum absolute atomic E-state index is 0.0334. The fraction of sp³-hybridized carbons (Fsp3) is 0.675. The molecule has 5 rings (SSSR count). The van der Waals surface area contributed by atoms with E-state index in [2.05, 4.69) is 9.71 Å². The van der Waals surface area contributed by atoms with Crippen LogP contribution in [0.5, 0.6) is 11.6 Å². The van der Waals surface area contributed by atoms with Crippen LogP contribution in [-0.2, 0) is 38.4 Å². The number of fused-ring (bicyclic) bond motifs is 2. The topological polar surface area (TPSA) is 168 Å². The summed E-state index contributed by atoms with van der Waals surface area (Å²) in [7, 11) is -4.41. The lowest BCUT2D eigenvalue weighted by Gasteiger charge is -2.33. The lowest BCUT2D eigenvalue weighted by atomic mass is 9.90. The molecule has 2 amide bonds. The highest BCUT2D eigenvalue weighted by molar-refractivity contribution is 7.85. The molecule has 0 spiro atoms. The second-order valence-corrected chi connectivity index (χ2v) is 18.2. The number of nitrogens with zero attached hydrogens (tertiary/aromatic N) is 2. The fourth-order valence-corrected chi connectivity index (χ4v) is 8.81. The third-order valence-corrected chi connectivity index (χ3v) is 12.1. The van der Waals surface area contributed by atoms with Crippen LogP contribution in [0.3, 0.4) is 0 Å². The van der Waals surface area contributed by atoms with Crippen molar-refractivity contribution in [2.45, 2.75) is 136 Å². The minimum atomic E-state index is -4.41. The molecule has 13 nitrogen and oxygen atoms in total. The zero-order chi connectivity index (χ0) is 40.2. The first-order chi connectivity index (χ1) is 25.9. The van der Waals surface area contributed by atoms with Gasteiger partial charge in [-0.15, -0.1) is 0 Å². The molecule has 4 atom stereocenters. The van der Waals surface area contributed by atoms with Crippen molar-refractivity contribution in [1.29, 1.82) is 0 Å². The van der Waals surface area contributed by atoms with Crippen LogP contribution in [0.2, 0.25) is 5.02 Å². The Balaban J connectivity index is 1.43. The quantitative estimate of drug-likeness (QED) is 0.222. The van der Waals surface area contributed by atoms with Crippen LogP contribution in [0.1, 0.15) is 119 Å². The van der Waals surface area contributed by atoms with Gasteiger partial charge < -0.3 is 19.1 Å². The summed E-state index contributed by atoms with van der Waals surface area (Å²) in [6.45, 7) is 10.7. The molecule has 0 bridgehead atoms. The molecule has 304 valence electrons. The number of rotatable bonds is 12. The van der Waals surface area contributed by atoms with E-state index in [9.17, 15) is 27.6 Å². The normalized spacial score (nSPS) is 24.9. The van der Waals surface area contributed by atoms with Gasteiger partial charge in [0.1, 0.15) is 18.0 Å². The molecule has 15 heteroatoms. The Labute approximate surface area is 329 Å². The van der Waals surface area contributed by atoms with Crippen LogP contribution in [0.25, 0.3) is 10.9 Å². The summed E-state index contributed by atoms with van der Waals surface area (Å²) < 4.78 is 50.7. The van der Waals surface area contributed by atoms with E-state index in [1.165, 1.54) is 4.90 Å². The number of nitrogens with one attached hydrogen (secondary N) is 1. The van der Waals surface area contributed by atoms with Crippen molar-refractivity contribution in [2.75, 3.05) is 19.8 Å². The molecule has 55 heavy (non-hydrogen) atoms. The smallest absolute Gasteiger partial charge is 0.362 e. The summed E-state index contributed by atoms with van der Waals surface area (Å²) in [6.07, 6.45) is 6.26. The number of esters is 1. The number of benzene rings is 1. The Morgan fingerprint density at radius 1 is 1.05 bits per heavy atom. The summed E-state index contributed by atoms with van der Waals surface area (Å²) in [5.74, 6) is -2.30. The number of pyridine rings is 1. The van der Waals surface area contributed by atoms with Crippen molar-refractivity contribution < 1.29 is 46.0 Å². The average molecular weight is 806 g/mol. The number of amides is 2. The Hall–Kier alpha value is -3.49. The van der Waals surface area contributed by atoms with E-state index in [0.717, 1.165) is 25.7 Å². The van der Waals surface area contributed by atoms with E-state index < -0.39 is 62.4 Å². The number of aromatic nitrogens is 1. The molecular formula is C40H56ClN3O10S. The van der Waals surface area contributed by atoms with Crippen LogP contribution < -0.4 is 14.2 Å². The van der Waals surface area contributed by atoms with Gasteiger partial charge in [0.05, 0.1) is 47.2 Å². The molecule has 2 aliphatic carbocycles. The Morgan fingerprint density at radius 2 is 1.75 bits per heavy atom. The molecule has 3 aliphatic rings. The zero-order valence-corrected chi connectivity index (χ0v) is 34.5. The summed E-state index contributed by atoms with van der Waals surface area (Å²) in [4.78, 5) is 61.8. The van der Waals surface area contributed by atoms with Crippen molar-refractivity contribution in [2.24, 2.45) is 17.3 Å². The predicted octanol–water partition coefficient (Wildman–Crippen LogP) is 6.87. The third-order valence-electron chi connectivity index (χ3n) is 10.8. The first kappa shape index (κ1) is 42.6. The first-order valence-corrected chi connectivity index (χ1v) is 21.3. The molecule has 0 radical (unpaired) electrons. The number of ether oxygens (including phenoxy) is 3. The second-order valence-electron chi connectivity index (χ2n) is 16.5. The van der Waals surface area contributed by atoms with E-state index in [-0.39, 0.29) is 31.9 Å². The molecular weight excluding hydrogens is 750 g/mol. The summed E-state index contributed by atoms with van der Waals surface area (Å²) in [5.41, 5.74) is -2.36. The van der Waals surface area contributed by atoms with Gasteiger partial charge in [0.15, 0.2) is 5.78 Å². The monoisotopic (exact) mass is 805 g/mol. The number of carbonyl (C=O) groups excluding carboxylic acids is 4. The molecule has 1 aliphatic heterocycles.